The highest BCUT2D eigenvalue weighted by Gasteiger charge is 1.72. The van der Waals surface area contributed by atoms with E-state index in [1.165, 1.54) is 0 Å². The van der Waals surface area contributed by atoms with Crippen LogP contribution in [-0.2, 0) is 0 Å². The van der Waals surface area contributed by atoms with Crippen molar-refractivity contribution in [2.75, 3.05) is 0 Å². The fourth-order valence-corrected chi connectivity index (χ4v) is 0. The van der Waals surface area contributed by atoms with Crippen molar-refractivity contribution in [1.29, 1.82) is 0 Å². The molecule has 4 N–H and O–H groups in total. The van der Waals surface area contributed by atoms with Gasteiger partial charge in [0, 0.05) is 0 Å². The predicted octanol–water partition coefficient (Wildman–Crippen LogP) is 0.608. The van der Waals surface area contributed by atoms with E-state index in [1.54, 1.807) is 0 Å². The Morgan fingerprint density at radius 1 is 1.12 bits per heavy atom. The van der Waals surface area contributed by atoms with Gasteiger partial charge in [0.1, 0.15) is 0 Å². The first-order valence-electron chi connectivity index (χ1n) is 1.36. The summed E-state index contributed by atoms with van der Waals surface area (Å²) >= 11 is 8.80. The summed E-state index contributed by atoms with van der Waals surface area (Å²) in [5.74, 6) is 0. The van der Waals surface area contributed by atoms with Gasteiger partial charge in [-0.1, -0.05) is 0 Å². The number of hydrogen-bond acceptors (Lipinski definition) is 2. The maximum absolute atomic E-state index is 9.00. The molecule has 0 aromatic rings. The molecule has 0 atom stereocenters. The van der Waals surface area contributed by atoms with Crippen molar-refractivity contribution in [2.45, 2.75) is 0 Å². The molecule has 0 aromatic carbocycles. The Bertz CT molecular complexity index is 74.0. The Balaban J connectivity index is 0. The summed E-state index contributed by atoms with van der Waals surface area (Å²) in [6, 6.07) is -0.833. The van der Waals surface area contributed by atoms with E-state index >= 15 is 0 Å². The van der Waals surface area contributed by atoms with Crippen LogP contribution in [0.25, 0.3) is 0 Å². The molecule has 0 radical (unpaired) electrons. The standard InChI is InChI=1S/CCl2O.CH4N2O/c2*2-1(3)4/h;(H4,2,3,4). The average molecular weight is 159 g/mol. The van der Waals surface area contributed by atoms with Crippen LogP contribution in [0, 0.1) is 0 Å². The third kappa shape index (κ3) is 489. The number of rotatable bonds is 0. The highest BCUT2D eigenvalue weighted by molar-refractivity contribution is 6.93. The third-order valence-electron chi connectivity index (χ3n) is 0. The van der Waals surface area contributed by atoms with Crippen molar-refractivity contribution >= 4 is 33.9 Å². The molecule has 8 heavy (non-hydrogen) atoms. The summed E-state index contributed by atoms with van der Waals surface area (Å²) in [6.07, 6.45) is 0. The topological polar surface area (TPSA) is 86.2 Å². The molecule has 2 amide bonds. The highest BCUT2D eigenvalue weighted by atomic mass is 35.5. The van der Waals surface area contributed by atoms with Gasteiger partial charge >= 0.3 is 10.7 Å². The number of nitrogens with two attached hydrogens (primary N) is 2. The normalized spacial score (nSPS) is 6.25. The zero-order valence-electron chi connectivity index (χ0n) is 3.73. The van der Waals surface area contributed by atoms with E-state index in [2.05, 4.69) is 34.7 Å². The molecule has 0 heterocycles. The number of halogens is 2. The van der Waals surface area contributed by atoms with Crippen LogP contribution < -0.4 is 11.5 Å². The van der Waals surface area contributed by atoms with Crippen LogP contribution in [0.3, 0.4) is 0 Å². The van der Waals surface area contributed by atoms with Gasteiger partial charge in [-0.15, -0.1) is 0 Å². The fourth-order valence-electron chi connectivity index (χ4n) is 0. The number of primary amides is 2. The van der Waals surface area contributed by atoms with Crippen LogP contribution in [0.1, 0.15) is 0 Å². The smallest absolute Gasteiger partial charge is 0.313 e. The molecule has 48 valence electrons. The van der Waals surface area contributed by atoms with Crippen molar-refractivity contribution < 1.29 is 9.59 Å². The van der Waals surface area contributed by atoms with Crippen LogP contribution in [0.2, 0.25) is 0 Å². The minimum absolute atomic E-state index is 0.833. The fraction of sp³-hybridized carbons (Fsp3) is 0. The molecule has 0 saturated carbocycles. The Morgan fingerprint density at radius 3 is 1.12 bits per heavy atom. The van der Waals surface area contributed by atoms with E-state index in [0.717, 1.165) is 0 Å². The van der Waals surface area contributed by atoms with Crippen LogP contribution in [0.5, 0.6) is 0 Å². The summed E-state index contributed by atoms with van der Waals surface area (Å²) in [7, 11) is 0. The van der Waals surface area contributed by atoms with Crippen molar-refractivity contribution in [3.63, 3.8) is 0 Å². The SMILES string of the molecule is NC(N)=O.O=C(Cl)Cl. The number of carbonyl (C=O) groups excluding carboxylic acids is 2. The second-order valence-electron chi connectivity index (χ2n) is 0.628. The summed E-state index contributed by atoms with van der Waals surface area (Å²) in [5.41, 5.74) is 8.50. The molecule has 0 bridgehead atoms. The molecule has 0 aliphatic heterocycles. The quantitative estimate of drug-likeness (QED) is 0.507. The number of carbonyl (C=O) groups is 2. The Morgan fingerprint density at radius 2 is 1.12 bits per heavy atom. The lowest BCUT2D eigenvalue weighted by Gasteiger charge is -1.62. The molecule has 0 saturated heterocycles. The Kier molecular flexibility index (Phi) is 8.55. The lowest BCUT2D eigenvalue weighted by molar-refractivity contribution is 0.256. The van der Waals surface area contributed by atoms with Crippen LogP contribution in [-0.4, -0.2) is 10.7 Å². The van der Waals surface area contributed by atoms with Crippen LogP contribution in [0.4, 0.5) is 9.59 Å². The first-order chi connectivity index (χ1) is 3.46. The van der Waals surface area contributed by atoms with Gasteiger partial charge in [0.15, 0.2) is 0 Å². The monoisotopic (exact) mass is 158 g/mol. The molecular formula is C2H4Cl2N2O2. The lowest BCUT2D eigenvalue weighted by Crippen LogP contribution is -2.18. The van der Waals surface area contributed by atoms with Gasteiger partial charge in [-0.05, 0) is 23.2 Å². The zero-order chi connectivity index (χ0) is 7.15. The van der Waals surface area contributed by atoms with Gasteiger partial charge in [-0.2, -0.15) is 0 Å². The minimum Gasteiger partial charge on any atom is -0.352 e. The summed E-state index contributed by atoms with van der Waals surface area (Å²) in [4.78, 5) is 18.0. The minimum atomic E-state index is -0.889. The molecule has 6 heteroatoms. The Hall–Kier alpha value is -0.480. The van der Waals surface area contributed by atoms with Crippen LogP contribution >= 0.6 is 23.2 Å². The molecule has 0 fully saturated rings. The molecule has 0 aromatic heterocycles. The maximum atomic E-state index is 9.00. The third-order valence-corrected chi connectivity index (χ3v) is 0. The predicted molar refractivity (Wildman–Crippen MR) is 30.9 cm³/mol. The van der Waals surface area contributed by atoms with Crippen molar-refractivity contribution in [2.24, 2.45) is 11.5 Å². The van der Waals surface area contributed by atoms with Gasteiger partial charge < -0.3 is 11.5 Å². The summed E-state index contributed by atoms with van der Waals surface area (Å²) in [6.45, 7) is 0. The molecule has 0 aliphatic carbocycles. The molecule has 0 spiro atoms. The van der Waals surface area contributed by atoms with Gasteiger partial charge in [0.2, 0.25) is 0 Å². The summed E-state index contributed by atoms with van der Waals surface area (Å²) in [5, 5.41) is 0. The van der Waals surface area contributed by atoms with Crippen molar-refractivity contribution in [3.05, 3.63) is 0 Å². The van der Waals surface area contributed by atoms with E-state index in [-0.39, 0.29) is 0 Å². The maximum Gasteiger partial charge on any atom is 0.313 e. The van der Waals surface area contributed by atoms with Gasteiger partial charge in [0.05, 0.1) is 0 Å². The largest absolute Gasteiger partial charge is 0.352 e. The van der Waals surface area contributed by atoms with E-state index in [4.69, 9.17) is 9.59 Å². The second-order valence-corrected chi connectivity index (χ2v) is 1.51. The molecular weight excluding hydrogens is 155 g/mol. The first kappa shape index (κ1) is 10.5. The number of urea groups is 1. The zero-order valence-corrected chi connectivity index (χ0v) is 5.24. The highest BCUT2D eigenvalue weighted by Crippen LogP contribution is 1.84. The van der Waals surface area contributed by atoms with E-state index in [0.29, 0.717) is 0 Å². The summed E-state index contributed by atoms with van der Waals surface area (Å²) < 4.78 is -0.889. The average Bonchev–Trinajstić information content (AvgIpc) is 1.25. The first-order valence-corrected chi connectivity index (χ1v) is 2.12. The van der Waals surface area contributed by atoms with Crippen LogP contribution in [0.15, 0.2) is 0 Å². The van der Waals surface area contributed by atoms with Gasteiger partial charge in [-0.25, -0.2) is 4.79 Å². The Labute approximate surface area is 55.7 Å². The molecule has 0 rings (SSSR count). The number of hydrogen-bond donors (Lipinski definition) is 2. The van der Waals surface area contributed by atoms with E-state index in [1.807, 2.05) is 0 Å². The van der Waals surface area contributed by atoms with Crippen molar-refractivity contribution in [1.82, 2.24) is 0 Å². The van der Waals surface area contributed by atoms with E-state index < -0.39 is 10.7 Å². The van der Waals surface area contributed by atoms with Gasteiger partial charge in [-0.3, -0.25) is 4.79 Å². The molecule has 0 aliphatic rings. The van der Waals surface area contributed by atoms with Crippen molar-refractivity contribution in [3.8, 4) is 0 Å². The lowest BCUT2D eigenvalue weighted by atomic mass is 11.2. The number of amides is 2. The second kappa shape index (κ2) is 6.52. The van der Waals surface area contributed by atoms with E-state index in [9.17, 15) is 0 Å². The molecule has 0 unspecified atom stereocenters. The van der Waals surface area contributed by atoms with Gasteiger partial charge in [0.25, 0.3) is 0 Å². The molecule has 4 nitrogen and oxygen atoms in total.